The molecule has 2 N–H and O–H groups in total. The Labute approximate surface area is 172 Å². The summed E-state index contributed by atoms with van der Waals surface area (Å²) in [6.45, 7) is 3.55. The Bertz CT molecular complexity index is 1090. The molecule has 2 unspecified atom stereocenters. The van der Waals surface area contributed by atoms with Crippen molar-refractivity contribution in [3.05, 3.63) is 38.9 Å². The second-order valence-corrected chi connectivity index (χ2v) is 9.23. The van der Waals surface area contributed by atoms with Gasteiger partial charge in [-0.05, 0) is 45.1 Å². The number of aromatic carboxylic acids is 1. The van der Waals surface area contributed by atoms with Gasteiger partial charge in [-0.1, -0.05) is 11.6 Å². The monoisotopic (exact) mass is 419 g/mol. The Morgan fingerprint density at radius 1 is 1.34 bits per heavy atom. The summed E-state index contributed by atoms with van der Waals surface area (Å²) in [7, 11) is 0. The van der Waals surface area contributed by atoms with Crippen LogP contribution in [0.1, 0.15) is 55.4 Å². The molecule has 3 saturated heterocycles. The lowest BCUT2D eigenvalue weighted by Gasteiger charge is -2.45. The largest absolute Gasteiger partial charge is 0.477 e. The molecule has 1 aliphatic carbocycles. The van der Waals surface area contributed by atoms with Gasteiger partial charge in [-0.3, -0.25) is 4.79 Å². The lowest BCUT2D eigenvalue weighted by atomic mass is 9.95. The quantitative estimate of drug-likeness (QED) is 0.795. The van der Waals surface area contributed by atoms with Crippen LogP contribution < -0.4 is 15.6 Å². The number of benzene rings is 1. The fourth-order valence-corrected chi connectivity index (χ4v) is 5.34. The molecular formula is C21H23ClFN3O3. The van der Waals surface area contributed by atoms with E-state index in [1.807, 2.05) is 4.90 Å². The first kappa shape index (κ1) is 18.9. The number of rotatable bonds is 3. The number of halogens is 2. The van der Waals surface area contributed by atoms with E-state index in [9.17, 15) is 14.7 Å². The number of nitrogens with zero attached hydrogens (tertiary/aromatic N) is 2. The Hall–Kier alpha value is -2.12. The third kappa shape index (κ3) is 2.94. The van der Waals surface area contributed by atoms with Gasteiger partial charge in [0.25, 0.3) is 0 Å². The fraction of sp³-hybridized carbons (Fsp3) is 0.524. The molecule has 0 radical (unpaired) electrons. The summed E-state index contributed by atoms with van der Waals surface area (Å²) < 4.78 is 17.1. The van der Waals surface area contributed by atoms with Crippen LogP contribution >= 0.6 is 11.6 Å². The molecular weight excluding hydrogens is 397 g/mol. The van der Waals surface area contributed by atoms with Crippen molar-refractivity contribution in [1.29, 1.82) is 0 Å². The summed E-state index contributed by atoms with van der Waals surface area (Å²) in [5, 5.41) is 13.2. The number of aromatic nitrogens is 1. The molecule has 4 fully saturated rings. The molecule has 1 aromatic carbocycles. The predicted molar refractivity (Wildman–Crippen MR) is 110 cm³/mol. The molecule has 0 amide bonds. The van der Waals surface area contributed by atoms with Crippen molar-refractivity contribution in [2.45, 2.75) is 56.7 Å². The third-order valence-electron chi connectivity index (χ3n) is 6.63. The summed E-state index contributed by atoms with van der Waals surface area (Å²) in [5.74, 6) is -1.88. The molecule has 4 aliphatic rings. The second-order valence-electron chi connectivity index (χ2n) is 8.85. The van der Waals surface area contributed by atoms with Gasteiger partial charge in [0.15, 0.2) is 0 Å². The Kier molecular flexibility index (Phi) is 4.19. The average molecular weight is 420 g/mol. The number of fused-ring (bicyclic) bond motifs is 5. The first-order valence-electron chi connectivity index (χ1n) is 10.1. The maximum Gasteiger partial charge on any atom is 0.341 e. The van der Waals surface area contributed by atoms with Gasteiger partial charge < -0.3 is 19.9 Å². The fourth-order valence-electron chi connectivity index (χ4n) is 4.94. The number of piperazine rings is 1. The first-order valence-corrected chi connectivity index (χ1v) is 10.5. The zero-order valence-corrected chi connectivity index (χ0v) is 16.9. The molecule has 2 aromatic rings. The van der Waals surface area contributed by atoms with Gasteiger partial charge in [-0.15, -0.1) is 0 Å². The van der Waals surface area contributed by atoms with Crippen molar-refractivity contribution in [3.63, 3.8) is 0 Å². The summed E-state index contributed by atoms with van der Waals surface area (Å²) in [6.07, 6.45) is 6.16. The maximum atomic E-state index is 15.4. The van der Waals surface area contributed by atoms with Crippen molar-refractivity contribution in [2.24, 2.45) is 0 Å². The number of hydrogen-bond acceptors (Lipinski definition) is 4. The molecule has 6 rings (SSSR count). The van der Waals surface area contributed by atoms with Crippen LogP contribution in [0.15, 0.2) is 17.1 Å². The van der Waals surface area contributed by atoms with Crippen LogP contribution in [0.4, 0.5) is 10.1 Å². The van der Waals surface area contributed by atoms with Crippen LogP contribution in [0.2, 0.25) is 5.02 Å². The molecule has 4 heterocycles. The van der Waals surface area contributed by atoms with Gasteiger partial charge in [0, 0.05) is 36.9 Å². The van der Waals surface area contributed by atoms with Crippen LogP contribution in [0, 0.1) is 5.82 Å². The van der Waals surface area contributed by atoms with Gasteiger partial charge in [-0.2, -0.15) is 0 Å². The van der Waals surface area contributed by atoms with Crippen molar-refractivity contribution >= 4 is 34.2 Å². The van der Waals surface area contributed by atoms with Crippen LogP contribution in [0.25, 0.3) is 10.9 Å². The number of hydrogen-bond donors (Lipinski definition) is 2. The molecule has 8 heteroatoms. The van der Waals surface area contributed by atoms with Crippen molar-refractivity contribution in [3.8, 4) is 0 Å². The SMILES string of the molecule is CC12CCCC(CN1)N(c1c(F)cc3c(=O)c(C(=O)O)cn(C4CC4)c3c1Cl)C2. The van der Waals surface area contributed by atoms with Gasteiger partial charge in [0.05, 0.1) is 21.6 Å². The van der Waals surface area contributed by atoms with Crippen molar-refractivity contribution in [2.75, 3.05) is 18.0 Å². The van der Waals surface area contributed by atoms with E-state index in [1.165, 1.54) is 12.3 Å². The van der Waals surface area contributed by atoms with Crippen LogP contribution in [-0.4, -0.2) is 40.3 Å². The highest BCUT2D eigenvalue weighted by Crippen LogP contribution is 2.44. The molecule has 2 atom stereocenters. The minimum atomic E-state index is -1.31. The highest BCUT2D eigenvalue weighted by molar-refractivity contribution is 6.38. The molecule has 2 bridgehead atoms. The summed E-state index contributed by atoms with van der Waals surface area (Å²) in [4.78, 5) is 26.3. The zero-order valence-electron chi connectivity index (χ0n) is 16.2. The number of carbonyl (C=O) groups is 1. The zero-order chi connectivity index (χ0) is 20.5. The maximum absolute atomic E-state index is 15.4. The number of pyridine rings is 1. The van der Waals surface area contributed by atoms with E-state index in [-0.39, 0.29) is 33.6 Å². The minimum Gasteiger partial charge on any atom is -0.477 e. The van der Waals surface area contributed by atoms with Crippen LogP contribution in [0.5, 0.6) is 0 Å². The van der Waals surface area contributed by atoms with Crippen molar-refractivity contribution in [1.82, 2.24) is 9.88 Å². The smallest absolute Gasteiger partial charge is 0.341 e. The molecule has 0 spiro atoms. The average Bonchev–Trinajstić information content (AvgIpc) is 3.50. The summed E-state index contributed by atoms with van der Waals surface area (Å²) in [5.41, 5.74) is -0.378. The van der Waals surface area contributed by atoms with Gasteiger partial charge in [-0.25, -0.2) is 9.18 Å². The topological polar surface area (TPSA) is 74.6 Å². The molecule has 1 aromatic heterocycles. The standard InChI is InChI=1S/C21H23ClFN3O3/c1-21-6-2-3-12(8-24-21)26(10-21)18-15(23)7-13-17(16(18)22)25(11-4-5-11)9-14(19(13)27)20(28)29/h7,9,11-12,24H,2-6,8,10H2,1H3,(H,28,29). The Balaban J connectivity index is 1.76. The lowest BCUT2D eigenvalue weighted by molar-refractivity contribution is 0.0695. The van der Waals surface area contributed by atoms with E-state index < -0.39 is 17.2 Å². The van der Waals surface area contributed by atoms with Gasteiger partial charge >= 0.3 is 5.97 Å². The minimum absolute atomic E-state index is 0.0346. The molecule has 29 heavy (non-hydrogen) atoms. The van der Waals surface area contributed by atoms with E-state index in [4.69, 9.17) is 11.6 Å². The lowest BCUT2D eigenvalue weighted by Crippen LogP contribution is -2.61. The number of carboxylic acid groups (broad SMARTS) is 1. The van der Waals surface area contributed by atoms with E-state index in [2.05, 4.69) is 12.2 Å². The van der Waals surface area contributed by atoms with Crippen LogP contribution in [-0.2, 0) is 0 Å². The summed E-state index contributed by atoms with van der Waals surface area (Å²) in [6, 6.07) is 1.40. The second kappa shape index (κ2) is 6.44. The molecule has 6 nitrogen and oxygen atoms in total. The number of carboxylic acids is 1. The first-order chi connectivity index (χ1) is 13.8. The van der Waals surface area contributed by atoms with E-state index in [0.29, 0.717) is 17.7 Å². The Morgan fingerprint density at radius 2 is 2.10 bits per heavy atom. The number of anilines is 1. The third-order valence-corrected chi connectivity index (χ3v) is 6.99. The molecule has 1 saturated carbocycles. The summed E-state index contributed by atoms with van der Waals surface area (Å²) >= 11 is 6.79. The number of nitrogens with one attached hydrogen (secondary N) is 1. The van der Waals surface area contributed by atoms with Gasteiger partial charge in [0.1, 0.15) is 11.4 Å². The molecule has 3 aliphatic heterocycles. The van der Waals surface area contributed by atoms with E-state index in [0.717, 1.165) is 38.6 Å². The molecule has 154 valence electrons. The van der Waals surface area contributed by atoms with Gasteiger partial charge in [0.2, 0.25) is 5.43 Å². The van der Waals surface area contributed by atoms with Crippen LogP contribution in [0.3, 0.4) is 0 Å². The van der Waals surface area contributed by atoms with E-state index in [1.54, 1.807) is 4.57 Å². The Morgan fingerprint density at radius 3 is 2.79 bits per heavy atom. The van der Waals surface area contributed by atoms with E-state index >= 15 is 4.39 Å². The van der Waals surface area contributed by atoms with Crippen molar-refractivity contribution < 1.29 is 14.3 Å². The predicted octanol–water partition coefficient (Wildman–Crippen LogP) is 3.55. The highest BCUT2D eigenvalue weighted by Gasteiger charge is 2.41. The normalized spacial score (nSPS) is 26.7. The highest BCUT2D eigenvalue weighted by atomic mass is 35.5.